The third-order valence-corrected chi connectivity index (χ3v) is 6.80. The van der Waals surface area contributed by atoms with E-state index in [-0.39, 0.29) is 17.6 Å². The van der Waals surface area contributed by atoms with Crippen molar-refractivity contribution < 1.29 is 57.2 Å². The molecular weight excluding hydrogens is 656 g/mol. The van der Waals surface area contributed by atoms with E-state index < -0.39 is 0 Å². The number of nitrogens with zero attached hydrogens (tertiary/aromatic N) is 2. The van der Waals surface area contributed by atoms with Crippen molar-refractivity contribution in [2.45, 2.75) is 12.8 Å². The predicted molar refractivity (Wildman–Crippen MR) is 180 cm³/mol. The number of carbonyl (C=O) groups excluding carboxylic acids is 2. The highest BCUT2D eigenvalue weighted by molar-refractivity contribution is 5.97. The minimum Gasteiger partial charge on any atom is -0.508 e. The van der Waals surface area contributed by atoms with Gasteiger partial charge in [0, 0.05) is 25.1 Å². The Kier molecular flexibility index (Phi) is 22.0. The second-order valence-electron chi connectivity index (χ2n) is 10.6. The molecule has 3 rings (SSSR count). The number of benzene rings is 2. The van der Waals surface area contributed by atoms with Crippen LogP contribution in [-0.4, -0.2) is 146 Å². The van der Waals surface area contributed by atoms with Crippen molar-refractivity contribution in [2.24, 2.45) is 0 Å². The molecule has 278 valence electrons. The molecule has 0 saturated heterocycles. The summed E-state index contributed by atoms with van der Waals surface area (Å²) in [5.41, 5.74) is 2.66. The van der Waals surface area contributed by atoms with E-state index in [1.807, 2.05) is 12.1 Å². The first kappa shape index (κ1) is 40.7. The summed E-state index contributed by atoms with van der Waals surface area (Å²) in [4.78, 5) is 24.0. The lowest BCUT2D eigenvalue weighted by atomic mass is 10.1. The van der Waals surface area contributed by atoms with Crippen LogP contribution in [0.15, 0.2) is 47.1 Å². The minimum absolute atomic E-state index is 0.0606. The number of phenols is 1. The SMILES string of the molecule is O=C(CCOCCOCCOCCOCCOCCOCCOCCOCCNC(=O)c1ccc2nonc2c1)NCCc1ccc(O)cc1. The second-order valence-corrected chi connectivity index (χ2v) is 10.6. The Labute approximate surface area is 291 Å². The van der Waals surface area contributed by atoms with Crippen LogP contribution in [0.25, 0.3) is 11.0 Å². The minimum atomic E-state index is -0.219. The van der Waals surface area contributed by atoms with Gasteiger partial charge in [-0.1, -0.05) is 12.1 Å². The summed E-state index contributed by atoms with van der Waals surface area (Å²) in [6.45, 7) is 7.93. The Morgan fingerprint density at radius 1 is 0.560 bits per heavy atom. The largest absolute Gasteiger partial charge is 0.508 e. The normalized spacial score (nSPS) is 11.3. The van der Waals surface area contributed by atoms with Gasteiger partial charge in [0.1, 0.15) is 16.8 Å². The molecule has 3 aromatic rings. The molecule has 1 heterocycles. The Hall–Kier alpha value is -3.74. The van der Waals surface area contributed by atoms with E-state index in [0.717, 1.165) is 5.56 Å². The number of ether oxygens (including phenoxy) is 8. The molecule has 0 aliphatic heterocycles. The van der Waals surface area contributed by atoms with Gasteiger partial charge in [-0.2, -0.15) is 0 Å². The summed E-state index contributed by atoms with van der Waals surface area (Å²) in [6.07, 6.45) is 0.998. The molecule has 3 N–H and O–H groups in total. The van der Waals surface area contributed by atoms with Gasteiger partial charge in [0.15, 0.2) is 0 Å². The summed E-state index contributed by atoms with van der Waals surface area (Å²) in [5.74, 6) is -0.0511. The maximum atomic E-state index is 12.2. The molecule has 0 aliphatic rings. The highest BCUT2D eigenvalue weighted by Crippen LogP contribution is 2.11. The molecule has 50 heavy (non-hydrogen) atoms. The Balaban J connectivity index is 0.937. The van der Waals surface area contributed by atoms with Gasteiger partial charge in [-0.3, -0.25) is 9.59 Å². The quantitative estimate of drug-likeness (QED) is 0.0817. The predicted octanol–water partition coefficient (Wildman–Crippen LogP) is 1.54. The van der Waals surface area contributed by atoms with Crippen molar-refractivity contribution in [3.05, 3.63) is 53.6 Å². The Morgan fingerprint density at radius 3 is 1.58 bits per heavy atom. The lowest BCUT2D eigenvalue weighted by Crippen LogP contribution is -2.27. The van der Waals surface area contributed by atoms with Crippen LogP contribution in [0.1, 0.15) is 22.3 Å². The fraction of sp³-hybridized carbons (Fsp3) is 0.588. The van der Waals surface area contributed by atoms with Crippen LogP contribution in [0.5, 0.6) is 5.75 Å². The zero-order chi connectivity index (χ0) is 35.3. The smallest absolute Gasteiger partial charge is 0.251 e. The molecule has 16 heteroatoms. The summed E-state index contributed by atoms with van der Waals surface area (Å²) < 4.78 is 48.3. The summed E-state index contributed by atoms with van der Waals surface area (Å²) in [7, 11) is 0. The number of amides is 2. The number of hydrogen-bond acceptors (Lipinski definition) is 14. The molecule has 0 bridgehead atoms. The molecule has 1 aromatic heterocycles. The third kappa shape index (κ3) is 19.4. The van der Waals surface area contributed by atoms with Crippen LogP contribution in [0.2, 0.25) is 0 Å². The van der Waals surface area contributed by atoms with E-state index in [1.165, 1.54) is 0 Å². The van der Waals surface area contributed by atoms with Crippen molar-refractivity contribution in [3.8, 4) is 5.75 Å². The summed E-state index contributed by atoms with van der Waals surface area (Å²) in [6, 6.07) is 11.9. The van der Waals surface area contributed by atoms with E-state index in [1.54, 1.807) is 30.3 Å². The van der Waals surface area contributed by atoms with Crippen molar-refractivity contribution >= 4 is 22.8 Å². The molecule has 16 nitrogen and oxygen atoms in total. The number of aromatic nitrogens is 2. The highest BCUT2D eigenvalue weighted by atomic mass is 16.6. The fourth-order valence-electron chi connectivity index (χ4n) is 4.17. The zero-order valence-electron chi connectivity index (χ0n) is 28.5. The van der Waals surface area contributed by atoms with Gasteiger partial charge in [-0.05, 0) is 52.6 Å². The van der Waals surface area contributed by atoms with Gasteiger partial charge < -0.3 is 53.6 Å². The van der Waals surface area contributed by atoms with Crippen LogP contribution < -0.4 is 10.6 Å². The number of phenolic OH excluding ortho intramolecular Hbond substituents is 1. The monoisotopic (exact) mass is 706 g/mol. The van der Waals surface area contributed by atoms with Crippen LogP contribution in [0.4, 0.5) is 0 Å². The second kappa shape index (κ2) is 27.0. The fourth-order valence-corrected chi connectivity index (χ4v) is 4.17. The standard InChI is InChI=1S/C34H50N4O12/c39-30-4-1-28(2-5-30)7-9-35-33(40)8-11-42-13-15-44-17-19-46-21-23-48-25-26-49-24-22-47-20-18-45-16-14-43-12-10-36-34(41)29-3-6-31-32(27-29)38-50-37-31/h1-6,27,39H,7-26H2,(H,35,40)(H,36,41). The van der Waals surface area contributed by atoms with E-state index >= 15 is 0 Å². The molecule has 0 spiro atoms. The topological polar surface area (TPSA) is 191 Å². The first-order valence-electron chi connectivity index (χ1n) is 16.8. The van der Waals surface area contributed by atoms with Gasteiger partial charge in [-0.25, -0.2) is 4.63 Å². The third-order valence-electron chi connectivity index (χ3n) is 6.80. The number of aromatic hydroxyl groups is 1. The van der Waals surface area contributed by atoms with E-state index in [9.17, 15) is 14.7 Å². The molecule has 0 radical (unpaired) electrons. The zero-order valence-corrected chi connectivity index (χ0v) is 28.5. The van der Waals surface area contributed by atoms with E-state index in [4.69, 9.17) is 37.9 Å². The molecule has 0 fully saturated rings. The van der Waals surface area contributed by atoms with Crippen LogP contribution >= 0.6 is 0 Å². The van der Waals surface area contributed by atoms with E-state index in [0.29, 0.717) is 148 Å². The van der Waals surface area contributed by atoms with Gasteiger partial charge in [0.2, 0.25) is 5.91 Å². The molecular formula is C34H50N4O12. The van der Waals surface area contributed by atoms with Crippen molar-refractivity contribution in [1.29, 1.82) is 0 Å². The maximum Gasteiger partial charge on any atom is 0.251 e. The number of nitrogens with one attached hydrogen (secondary N) is 2. The van der Waals surface area contributed by atoms with Crippen molar-refractivity contribution in [3.63, 3.8) is 0 Å². The summed E-state index contributed by atoms with van der Waals surface area (Å²) in [5, 5.41) is 22.4. The van der Waals surface area contributed by atoms with Crippen LogP contribution in [0.3, 0.4) is 0 Å². The summed E-state index contributed by atoms with van der Waals surface area (Å²) >= 11 is 0. The first-order chi connectivity index (χ1) is 24.6. The average Bonchev–Trinajstić information content (AvgIpc) is 3.60. The molecule has 0 atom stereocenters. The van der Waals surface area contributed by atoms with Gasteiger partial charge in [0.05, 0.1) is 106 Å². The molecule has 0 aliphatic carbocycles. The number of carbonyl (C=O) groups is 2. The lowest BCUT2D eigenvalue weighted by Gasteiger charge is -2.09. The van der Waals surface area contributed by atoms with Gasteiger partial charge in [-0.15, -0.1) is 0 Å². The number of hydrogen-bond donors (Lipinski definition) is 3. The van der Waals surface area contributed by atoms with Crippen LogP contribution in [-0.2, 0) is 49.1 Å². The molecule has 2 amide bonds. The molecule has 0 unspecified atom stereocenters. The Bertz CT molecular complexity index is 1310. The number of rotatable bonds is 31. The van der Waals surface area contributed by atoms with Gasteiger partial charge >= 0.3 is 0 Å². The Morgan fingerprint density at radius 2 is 1.04 bits per heavy atom. The molecule has 2 aromatic carbocycles. The lowest BCUT2D eigenvalue weighted by molar-refractivity contribution is -0.122. The van der Waals surface area contributed by atoms with Crippen molar-refractivity contribution in [2.75, 3.05) is 119 Å². The first-order valence-corrected chi connectivity index (χ1v) is 16.8. The van der Waals surface area contributed by atoms with Crippen LogP contribution in [0, 0.1) is 0 Å². The van der Waals surface area contributed by atoms with E-state index in [2.05, 4.69) is 25.6 Å². The number of fused-ring (bicyclic) bond motifs is 1. The van der Waals surface area contributed by atoms with Crippen molar-refractivity contribution in [1.82, 2.24) is 20.9 Å². The van der Waals surface area contributed by atoms with Gasteiger partial charge in [0.25, 0.3) is 5.91 Å². The highest BCUT2D eigenvalue weighted by Gasteiger charge is 2.08. The molecule has 0 saturated carbocycles. The average molecular weight is 707 g/mol. The maximum absolute atomic E-state index is 12.2.